The number of carbonyl (C=O) groups is 1. The van der Waals surface area contributed by atoms with Gasteiger partial charge in [-0.2, -0.15) is 0 Å². The van der Waals surface area contributed by atoms with Crippen molar-refractivity contribution in [1.82, 2.24) is 9.88 Å². The van der Waals surface area contributed by atoms with E-state index in [2.05, 4.69) is 23.3 Å². The lowest BCUT2D eigenvalue weighted by Crippen LogP contribution is -2.44. The Bertz CT molecular complexity index is 529. The monoisotopic (exact) mass is 305 g/mol. The van der Waals surface area contributed by atoms with Gasteiger partial charge < -0.3 is 15.0 Å². The molecule has 0 atom stereocenters. The number of aryl methyl sites for hydroxylation is 2. The zero-order valence-electron chi connectivity index (χ0n) is 14.3. The fraction of sp³-hybridized carbons (Fsp3) is 0.647. The number of amides is 1. The molecule has 1 saturated heterocycles. The maximum atomic E-state index is 12.0. The Morgan fingerprint density at radius 2 is 1.91 bits per heavy atom. The average Bonchev–Trinajstić information content (AvgIpc) is 2.42. The van der Waals surface area contributed by atoms with Crippen LogP contribution in [0.3, 0.4) is 0 Å². The van der Waals surface area contributed by atoms with Gasteiger partial charge in [0.1, 0.15) is 11.4 Å². The van der Waals surface area contributed by atoms with Gasteiger partial charge >= 0.3 is 6.09 Å². The number of rotatable bonds is 2. The maximum Gasteiger partial charge on any atom is 0.410 e. The van der Waals surface area contributed by atoms with Gasteiger partial charge in [-0.1, -0.05) is 6.07 Å². The number of carbonyl (C=O) groups excluding carboxylic acids is 1. The topological polar surface area (TPSA) is 54.5 Å². The van der Waals surface area contributed by atoms with Crippen molar-refractivity contribution in [3.8, 4) is 0 Å². The van der Waals surface area contributed by atoms with Gasteiger partial charge in [0.15, 0.2) is 0 Å². The minimum absolute atomic E-state index is 0.213. The molecule has 5 nitrogen and oxygen atoms in total. The minimum atomic E-state index is -0.435. The Morgan fingerprint density at radius 1 is 1.27 bits per heavy atom. The molecule has 0 bridgehead atoms. The highest BCUT2D eigenvalue weighted by Crippen LogP contribution is 2.18. The predicted molar refractivity (Wildman–Crippen MR) is 88.2 cm³/mol. The van der Waals surface area contributed by atoms with E-state index in [0.29, 0.717) is 6.04 Å². The molecule has 1 aliphatic heterocycles. The third-order valence-electron chi connectivity index (χ3n) is 3.85. The summed E-state index contributed by atoms with van der Waals surface area (Å²) in [5.41, 5.74) is 1.82. The molecule has 2 rings (SSSR count). The number of hydrogen-bond acceptors (Lipinski definition) is 4. The fourth-order valence-corrected chi connectivity index (χ4v) is 2.45. The average molecular weight is 305 g/mol. The van der Waals surface area contributed by atoms with Crippen molar-refractivity contribution in [2.75, 3.05) is 18.4 Å². The first-order valence-electron chi connectivity index (χ1n) is 7.93. The molecule has 22 heavy (non-hydrogen) atoms. The molecular weight excluding hydrogens is 278 g/mol. The van der Waals surface area contributed by atoms with Crippen LogP contribution in [-0.4, -0.2) is 40.7 Å². The smallest absolute Gasteiger partial charge is 0.410 e. The molecule has 1 aromatic heterocycles. The first-order valence-corrected chi connectivity index (χ1v) is 7.93. The molecule has 122 valence electrons. The lowest BCUT2D eigenvalue weighted by molar-refractivity contribution is 0.0210. The first-order chi connectivity index (χ1) is 10.2. The zero-order valence-corrected chi connectivity index (χ0v) is 14.3. The number of piperidine rings is 1. The number of nitrogens with one attached hydrogen (secondary N) is 1. The Hall–Kier alpha value is -1.78. The lowest BCUT2D eigenvalue weighted by atomic mass is 10.1. The zero-order chi connectivity index (χ0) is 16.3. The van der Waals surface area contributed by atoms with E-state index in [-0.39, 0.29) is 6.09 Å². The summed E-state index contributed by atoms with van der Waals surface area (Å²) in [6, 6.07) is 4.46. The largest absolute Gasteiger partial charge is 0.444 e. The summed E-state index contributed by atoms with van der Waals surface area (Å²) in [6.45, 7) is 11.2. The summed E-state index contributed by atoms with van der Waals surface area (Å²) < 4.78 is 5.41. The number of anilines is 1. The van der Waals surface area contributed by atoms with Gasteiger partial charge in [-0.25, -0.2) is 9.78 Å². The standard InChI is InChI=1S/C17H27N3O2/c1-12-6-7-15(18-13(12)2)19-14-8-10-20(11-9-14)16(21)22-17(3,4)5/h6-7,14H,8-11H2,1-5H3,(H,18,19). The fourth-order valence-electron chi connectivity index (χ4n) is 2.45. The molecule has 1 fully saturated rings. The van der Waals surface area contributed by atoms with E-state index < -0.39 is 5.60 Å². The van der Waals surface area contributed by atoms with Crippen LogP contribution in [0.4, 0.5) is 10.6 Å². The predicted octanol–water partition coefficient (Wildman–Crippen LogP) is 3.51. The van der Waals surface area contributed by atoms with Crippen LogP contribution in [0.25, 0.3) is 0 Å². The van der Waals surface area contributed by atoms with Crippen molar-refractivity contribution < 1.29 is 9.53 Å². The van der Waals surface area contributed by atoms with Crippen molar-refractivity contribution in [2.45, 2.75) is 59.1 Å². The van der Waals surface area contributed by atoms with E-state index in [0.717, 1.165) is 37.4 Å². The van der Waals surface area contributed by atoms with Crippen molar-refractivity contribution in [1.29, 1.82) is 0 Å². The second-order valence-electron chi connectivity index (χ2n) is 6.98. The van der Waals surface area contributed by atoms with E-state index in [1.807, 2.05) is 33.8 Å². The van der Waals surface area contributed by atoms with E-state index in [1.54, 1.807) is 4.90 Å². The third-order valence-corrected chi connectivity index (χ3v) is 3.85. The number of likely N-dealkylation sites (tertiary alicyclic amines) is 1. The molecule has 2 heterocycles. The summed E-state index contributed by atoms with van der Waals surface area (Å²) in [4.78, 5) is 18.4. The molecule has 5 heteroatoms. The Kier molecular flexibility index (Phi) is 4.94. The van der Waals surface area contributed by atoms with E-state index in [1.165, 1.54) is 5.56 Å². The van der Waals surface area contributed by atoms with Gasteiger partial charge in [-0.05, 0) is 59.1 Å². The summed E-state index contributed by atoms with van der Waals surface area (Å²) in [7, 11) is 0. The Labute approximate surface area is 133 Å². The minimum Gasteiger partial charge on any atom is -0.444 e. The molecule has 0 radical (unpaired) electrons. The van der Waals surface area contributed by atoms with Crippen LogP contribution in [0.1, 0.15) is 44.9 Å². The van der Waals surface area contributed by atoms with Gasteiger partial charge in [-0.3, -0.25) is 0 Å². The van der Waals surface area contributed by atoms with Crippen molar-refractivity contribution in [3.05, 3.63) is 23.4 Å². The normalized spacial score (nSPS) is 16.5. The molecule has 0 spiro atoms. The van der Waals surface area contributed by atoms with Crippen LogP contribution in [0.15, 0.2) is 12.1 Å². The molecule has 0 unspecified atom stereocenters. The SMILES string of the molecule is Cc1ccc(NC2CCN(C(=O)OC(C)(C)C)CC2)nc1C. The van der Waals surface area contributed by atoms with Crippen molar-refractivity contribution >= 4 is 11.9 Å². The summed E-state index contributed by atoms with van der Waals surface area (Å²) >= 11 is 0. The molecule has 0 saturated carbocycles. The van der Waals surface area contributed by atoms with Crippen LogP contribution < -0.4 is 5.32 Å². The van der Waals surface area contributed by atoms with Crippen molar-refractivity contribution in [2.24, 2.45) is 0 Å². The van der Waals surface area contributed by atoms with Crippen LogP contribution in [-0.2, 0) is 4.74 Å². The van der Waals surface area contributed by atoms with Crippen LogP contribution >= 0.6 is 0 Å². The second kappa shape index (κ2) is 6.55. The maximum absolute atomic E-state index is 12.0. The van der Waals surface area contributed by atoms with Crippen molar-refractivity contribution in [3.63, 3.8) is 0 Å². The van der Waals surface area contributed by atoms with Crippen LogP contribution in [0.5, 0.6) is 0 Å². The third kappa shape index (κ3) is 4.61. The molecule has 1 N–H and O–H groups in total. The summed E-state index contributed by atoms with van der Waals surface area (Å²) in [5.74, 6) is 0.916. The van der Waals surface area contributed by atoms with E-state index >= 15 is 0 Å². The molecular formula is C17H27N3O2. The molecule has 1 aliphatic rings. The van der Waals surface area contributed by atoms with Gasteiger partial charge in [-0.15, -0.1) is 0 Å². The molecule has 1 amide bonds. The Balaban J connectivity index is 1.84. The lowest BCUT2D eigenvalue weighted by Gasteiger charge is -2.34. The van der Waals surface area contributed by atoms with Crippen LogP contribution in [0.2, 0.25) is 0 Å². The Morgan fingerprint density at radius 3 is 2.45 bits per heavy atom. The van der Waals surface area contributed by atoms with E-state index in [4.69, 9.17) is 4.74 Å². The second-order valence-corrected chi connectivity index (χ2v) is 6.98. The number of hydrogen-bond donors (Lipinski definition) is 1. The summed E-state index contributed by atoms with van der Waals surface area (Å²) in [6.07, 6.45) is 1.61. The van der Waals surface area contributed by atoms with E-state index in [9.17, 15) is 4.79 Å². The highest BCUT2D eigenvalue weighted by molar-refractivity contribution is 5.68. The highest BCUT2D eigenvalue weighted by atomic mass is 16.6. The van der Waals surface area contributed by atoms with Gasteiger partial charge in [0.05, 0.1) is 0 Å². The molecule has 0 aliphatic carbocycles. The first kappa shape index (κ1) is 16.6. The molecule has 0 aromatic carbocycles. The van der Waals surface area contributed by atoms with Gasteiger partial charge in [0, 0.05) is 24.8 Å². The van der Waals surface area contributed by atoms with Crippen LogP contribution in [0, 0.1) is 13.8 Å². The number of aromatic nitrogens is 1. The quantitative estimate of drug-likeness (QED) is 0.908. The number of ether oxygens (including phenoxy) is 1. The highest BCUT2D eigenvalue weighted by Gasteiger charge is 2.26. The number of pyridine rings is 1. The van der Waals surface area contributed by atoms with Gasteiger partial charge in [0.2, 0.25) is 0 Å². The summed E-state index contributed by atoms with van der Waals surface area (Å²) in [5, 5.41) is 3.47. The van der Waals surface area contributed by atoms with Gasteiger partial charge in [0.25, 0.3) is 0 Å². The molecule has 1 aromatic rings. The number of nitrogens with zero attached hydrogens (tertiary/aromatic N) is 2.